The van der Waals surface area contributed by atoms with Crippen LogP contribution in [-0.4, -0.2) is 8.42 Å². The Bertz CT molecular complexity index is 1380. The van der Waals surface area contributed by atoms with Gasteiger partial charge in [-0.25, -0.2) is 8.42 Å². The van der Waals surface area contributed by atoms with Crippen LogP contribution in [0.4, 0.5) is 5.69 Å². The lowest BCUT2D eigenvalue weighted by molar-refractivity contribution is 0.507. The van der Waals surface area contributed by atoms with Crippen molar-refractivity contribution in [1.82, 2.24) is 0 Å². The molecule has 0 spiro atoms. The molecule has 1 aliphatic rings. The summed E-state index contributed by atoms with van der Waals surface area (Å²) in [6.07, 6.45) is 4.15. The molecule has 7 heteroatoms. The highest BCUT2D eigenvalue weighted by Crippen LogP contribution is 2.40. The predicted molar refractivity (Wildman–Crippen MR) is 123 cm³/mol. The van der Waals surface area contributed by atoms with Crippen LogP contribution in [-0.2, 0) is 22.9 Å². The molecule has 5 rings (SSSR count). The molecule has 0 amide bonds. The van der Waals surface area contributed by atoms with E-state index < -0.39 is 10.0 Å². The van der Waals surface area contributed by atoms with Crippen LogP contribution in [0.15, 0.2) is 66.8 Å². The van der Waals surface area contributed by atoms with Gasteiger partial charge in [-0.2, -0.15) is 0 Å². The quantitative estimate of drug-likeness (QED) is 0.314. The molecular weight excluding hydrogens is 518 g/mol. The molecule has 1 N–H and O–H groups in total. The van der Waals surface area contributed by atoms with Crippen LogP contribution in [0.25, 0.3) is 21.7 Å². The maximum absolute atomic E-state index is 13.2. The van der Waals surface area contributed by atoms with Crippen LogP contribution in [0.2, 0.25) is 0 Å². The van der Waals surface area contributed by atoms with Gasteiger partial charge in [0.15, 0.2) is 0 Å². The summed E-state index contributed by atoms with van der Waals surface area (Å²) < 4.78 is 36.6. The Kier molecular flexibility index (Phi) is 4.72. The maximum Gasteiger partial charge on any atom is 0.263 e. The van der Waals surface area contributed by atoms with Crippen molar-refractivity contribution in [3.63, 3.8) is 0 Å². The van der Waals surface area contributed by atoms with Gasteiger partial charge in [0.2, 0.25) is 0 Å². The van der Waals surface area contributed by atoms with Gasteiger partial charge in [0.05, 0.1) is 5.69 Å². The highest BCUT2D eigenvalue weighted by atomic mass is 79.9. The number of aryl methyl sites for hydroxylation is 2. The second-order valence-corrected chi connectivity index (χ2v) is 10.7. The van der Waals surface area contributed by atoms with Gasteiger partial charge in [-0.3, -0.25) is 4.72 Å². The van der Waals surface area contributed by atoms with Crippen LogP contribution in [0, 0.1) is 0 Å². The van der Waals surface area contributed by atoms with Crippen molar-refractivity contribution in [2.75, 3.05) is 4.72 Å². The number of anilines is 1. The van der Waals surface area contributed by atoms with E-state index in [4.69, 9.17) is 4.42 Å². The summed E-state index contributed by atoms with van der Waals surface area (Å²) in [5.74, 6) is 1.03. The summed E-state index contributed by atoms with van der Waals surface area (Å²) in [4.78, 5) is 0.185. The van der Waals surface area contributed by atoms with Gasteiger partial charge in [0, 0.05) is 37.1 Å². The topological polar surface area (TPSA) is 59.3 Å². The van der Waals surface area contributed by atoms with Crippen molar-refractivity contribution in [3.8, 4) is 0 Å². The van der Waals surface area contributed by atoms with E-state index in [1.807, 2.05) is 30.3 Å². The highest BCUT2D eigenvalue weighted by Gasteiger charge is 2.23. The van der Waals surface area contributed by atoms with Gasteiger partial charge < -0.3 is 4.42 Å². The first-order valence-corrected chi connectivity index (χ1v) is 12.4. The van der Waals surface area contributed by atoms with Crippen LogP contribution in [0.3, 0.4) is 0 Å². The Morgan fingerprint density at radius 2 is 1.66 bits per heavy atom. The average Bonchev–Trinajstić information content (AvgIpc) is 3.08. The zero-order valence-electron chi connectivity index (χ0n) is 15.3. The van der Waals surface area contributed by atoms with E-state index in [1.54, 1.807) is 18.2 Å². The fourth-order valence-corrected chi connectivity index (χ4v) is 6.62. The lowest BCUT2D eigenvalue weighted by Crippen LogP contribution is -2.14. The summed E-state index contributed by atoms with van der Waals surface area (Å²) in [5, 5.41) is 2.75. The Labute approximate surface area is 185 Å². The molecule has 0 saturated carbocycles. The monoisotopic (exact) mass is 533 g/mol. The van der Waals surface area contributed by atoms with Crippen LogP contribution in [0.1, 0.15) is 24.2 Å². The third-order valence-electron chi connectivity index (χ3n) is 5.39. The van der Waals surface area contributed by atoms with E-state index in [1.165, 1.54) is 5.56 Å². The summed E-state index contributed by atoms with van der Waals surface area (Å²) in [7, 11) is -3.79. The molecule has 1 aliphatic carbocycles. The molecule has 0 radical (unpaired) electrons. The van der Waals surface area contributed by atoms with E-state index in [0.717, 1.165) is 53.2 Å². The van der Waals surface area contributed by atoms with E-state index in [-0.39, 0.29) is 4.90 Å². The van der Waals surface area contributed by atoms with Gasteiger partial charge in [0.25, 0.3) is 10.0 Å². The van der Waals surface area contributed by atoms with Crippen LogP contribution < -0.4 is 4.72 Å². The first-order valence-electron chi connectivity index (χ1n) is 9.38. The lowest BCUT2D eigenvalue weighted by Gasteiger charge is -2.13. The molecule has 4 aromatic rings. The zero-order chi connectivity index (χ0) is 20.2. The number of fused-ring (bicyclic) bond motifs is 5. The molecule has 1 aromatic heterocycles. The Balaban J connectivity index is 1.73. The van der Waals surface area contributed by atoms with Crippen molar-refractivity contribution in [3.05, 3.63) is 68.8 Å². The third-order valence-corrected chi connectivity index (χ3v) is 8.24. The number of furan rings is 1. The second-order valence-electron chi connectivity index (χ2n) is 7.24. The largest absolute Gasteiger partial charge is 0.460 e. The molecule has 0 unspecified atom stereocenters. The number of sulfonamides is 1. The first-order chi connectivity index (χ1) is 13.9. The second kappa shape index (κ2) is 7.15. The van der Waals surface area contributed by atoms with Crippen molar-refractivity contribution >= 4 is 69.3 Å². The highest BCUT2D eigenvalue weighted by molar-refractivity contribution is 9.11. The maximum atomic E-state index is 13.2. The smallest absolute Gasteiger partial charge is 0.263 e. The number of rotatable bonds is 3. The fourth-order valence-electron chi connectivity index (χ4n) is 4.05. The number of hydrogen-bond donors (Lipinski definition) is 1. The van der Waals surface area contributed by atoms with Crippen LogP contribution >= 0.6 is 31.9 Å². The summed E-state index contributed by atoms with van der Waals surface area (Å²) in [5.41, 5.74) is 2.62. The Morgan fingerprint density at radius 1 is 0.897 bits per heavy atom. The van der Waals surface area contributed by atoms with Crippen molar-refractivity contribution in [2.45, 2.75) is 30.6 Å². The van der Waals surface area contributed by atoms with Gasteiger partial charge in [-0.05, 0) is 59.5 Å². The standard InChI is InChI=1S/C22H17Br2NO3S/c23-13-9-10-18(24)21(11-13)29(26,27)25-19-12-17-15-6-3-4-8-20(15)28-22(17)16-7-2-1-5-14(16)19/h1-2,5,7,9-12,25H,3-4,6,8H2. The molecule has 0 bridgehead atoms. The summed E-state index contributed by atoms with van der Waals surface area (Å²) in [6, 6.07) is 14.8. The van der Waals surface area contributed by atoms with Crippen molar-refractivity contribution < 1.29 is 12.8 Å². The van der Waals surface area contributed by atoms with Crippen molar-refractivity contribution in [2.24, 2.45) is 0 Å². The minimum Gasteiger partial charge on any atom is -0.460 e. The number of nitrogens with one attached hydrogen (secondary N) is 1. The predicted octanol–water partition coefficient (Wildman–Crippen LogP) is 6.79. The van der Waals surface area contributed by atoms with Gasteiger partial charge in [-0.1, -0.05) is 40.2 Å². The zero-order valence-corrected chi connectivity index (χ0v) is 19.3. The first kappa shape index (κ1) is 19.2. The normalized spacial score (nSPS) is 14.3. The Hall–Kier alpha value is -1.83. The number of halogens is 2. The molecule has 0 atom stereocenters. The number of hydrogen-bond acceptors (Lipinski definition) is 3. The van der Waals surface area contributed by atoms with Gasteiger partial charge >= 0.3 is 0 Å². The minimum atomic E-state index is -3.79. The molecule has 0 fully saturated rings. The molecule has 0 saturated heterocycles. The molecular formula is C22H17Br2NO3S. The summed E-state index contributed by atoms with van der Waals surface area (Å²) >= 11 is 6.71. The van der Waals surface area contributed by atoms with E-state index in [0.29, 0.717) is 14.6 Å². The molecule has 148 valence electrons. The lowest BCUT2D eigenvalue weighted by atomic mass is 9.94. The average molecular weight is 535 g/mol. The fraction of sp³-hybridized carbons (Fsp3) is 0.182. The van der Waals surface area contributed by atoms with E-state index in [9.17, 15) is 8.42 Å². The molecule has 29 heavy (non-hydrogen) atoms. The molecule has 3 aromatic carbocycles. The minimum absolute atomic E-state index is 0.185. The van der Waals surface area contributed by atoms with E-state index >= 15 is 0 Å². The molecule has 1 heterocycles. The van der Waals surface area contributed by atoms with Gasteiger partial charge in [-0.15, -0.1) is 0 Å². The molecule has 0 aliphatic heterocycles. The van der Waals surface area contributed by atoms with Crippen LogP contribution in [0.5, 0.6) is 0 Å². The van der Waals surface area contributed by atoms with Gasteiger partial charge in [0.1, 0.15) is 16.2 Å². The number of benzene rings is 3. The molecule has 4 nitrogen and oxygen atoms in total. The SMILES string of the molecule is O=S(=O)(Nc1cc2c3c(oc2c2ccccc12)CCCC3)c1cc(Br)ccc1Br. The van der Waals surface area contributed by atoms with Crippen molar-refractivity contribution in [1.29, 1.82) is 0 Å². The summed E-state index contributed by atoms with van der Waals surface area (Å²) in [6.45, 7) is 0. The third kappa shape index (κ3) is 3.29. The van der Waals surface area contributed by atoms with E-state index in [2.05, 4.69) is 36.6 Å². The Morgan fingerprint density at radius 3 is 2.48 bits per heavy atom.